The van der Waals surface area contributed by atoms with Crippen molar-refractivity contribution in [3.63, 3.8) is 0 Å². The van der Waals surface area contributed by atoms with Crippen LogP contribution in [0.15, 0.2) is 42.0 Å². The molecule has 1 saturated heterocycles. The molecule has 1 heterocycles. The van der Waals surface area contributed by atoms with Crippen molar-refractivity contribution in [1.29, 1.82) is 0 Å². The van der Waals surface area contributed by atoms with Crippen LogP contribution in [-0.2, 0) is 9.59 Å². The predicted molar refractivity (Wildman–Crippen MR) is 115 cm³/mol. The van der Waals surface area contributed by atoms with Gasteiger partial charge in [-0.1, -0.05) is 19.4 Å². The fourth-order valence-electron chi connectivity index (χ4n) is 3.76. The van der Waals surface area contributed by atoms with Crippen LogP contribution in [-0.4, -0.2) is 42.5 Å². The largest absolute Gasteiger partial charge is 0.507 e. The van der Waals surface area contributed by atoms with Gasteiger partial charge in [0, 0.05) is 12.1 Å². The quantitative estimate of drug-likeness (QED) is 0.403. The number of carbonyl (C=O) groups is 2. The molecular formula is C24H26FNO5. The van der Waals surface area contributed by atoms with Gasteiger partial charge in [0.1, 0.15) is 11.6 Å². The molecule has 0 bridgehead atoms. The molecule has 2 aromatic rings. The Hall–Kier alpha value is -3.35. The number of nitrogens with zero attached hydrogens (tertiary/aromatic N) is 1. The van der Waals surface area contributed by atoms with Gasteiger partial charge in [-0.05, 0) is 54.8 Å². The van der Waals surface area contributed by atoms with Crippen molar-refractivity contribution in [3.8, 4) is 11.5 Å². The minimum atomic E-state index is -0.795. The molecule has 1 N–H and O–H groups in total. The Morgan fingerprint density at radius 3 is 2.42 bits per heavy atom. The first-order valence-corrected chi connectivity index (χ1v) is 10.1. The second-order valence-corrected chi connectivity index (χ2v) is 7.42. The molecule has 3 rings (SSSR count). The van der Waals surface area contributed by atoms with Crippen molar-refractivity contribution in [3.05, 3.63) is 64.5 Å². The molecule has 1 aliphatic heterocycles. The minimum absolute atomic E-state index is 0.0284. The molecule has 164 valence electrons. The number of Topliss-reactive ketones (excluding diaryl/α,β-unsaturated/α-hetero) is 1. The maximum absolute atomic E-state index is 13.7. The van der Waals surface area contributed by atoms with E-state index in [1.807, 2.05) is 6.92 Å². The van der Waals surface area contributed by atoms with Gasteiger partial charge >= 0.3 is 0 Å². The Kier molecular flexibility index (Phi) is 6.63. The molecule has 0 spiro atoms. The van der Waals surface area contributed by atoms with E-state index in [4.69, 9.17) is 9.47 Å². The van der Waals surface area contributed by atoms with Crippen LogP contribution >= 0.6 is 0 Å². The topological polar surface area (TPSA) is 76.1 Å². The van der Waals surface area contributed by atoms with Crippen LogP contribution < -0.4 is 9.47 Å². The number of carbonyl (C=O) groups excluding carboxylic acids is 2. The Morgan fingerprint density at radius 2 is 1.81 bits per heavy atom. The monoisotopic (exact) mass is 427 g/mol. The highest BCUT2D eigenvalue weighted by Crippen LogP contribution is 2.42. The average molecular weight is 427 g/mol. The van der Waals surface area contributed by atoms with Crippen molar-refractivity contribution < 1.29 is 28.6 Å². The van der Waals surface area contributed by atoms with Crippen LogP contribution in [0.25, 0.3) is 5.76 Å². The minimum Gasteiger partial charge on any atom is -0.507 e. The number of aliphatic hydroxyl groups is 1. The van der Waals surface area contributed by atoms with E-state index < -0.39 is 23.5 Å². The maximum atomic E-state index is 13.7. The number of ether oxygens (including phenoxy) is 2. The Labute approximate surface area is 180 Å². The molecule has 2 aromatic carbocycles. The summed E-state index contributed by atoms with van der Waals surface area (Å²) in [7, 11) is 3.01. The number of rotatable bonds is 7. The summed E-state index contributed by atoms with van der Waals surface area (Å²) in [6.45, 7) is 3.92. The molecule has 1 atom stereocenters. The Bertz CT molecular complexity index is 1050. The lowest BCUT2D eigenvalue weighted by Crippen LogP contribution is -2.30. The fraction of sp³-hybridized carbons (Fsp3) is 0.333. The van der Waals surface area contributed by atoms with E-state index in [9.17, 15) is 19.1 Å². The number of ketones is 1. The van der Waals surface area contributed by atoms with Crippen LogP contribution in [0.3, 0.4) is 0 Å². The maximum Gasteiger partial charge on any atom is 0.295 e. The molecule has 1 fully saturated rings. The summed E-state index contributed by atoms with van der Waals surface area (Å²) in [5.74, 6) is -1.25. The Balaban J connectivity index is 2.21. The highest BCUT2D eigenvalue weighted by molar-refractivity contribution is 6.46. The van der Waals surface area contributed by atoms with Gasteiger partial charge in [-0.15, -0.1) is 0 Å². The number of aliphatic hydroxyl groups excluding tert-OH is 1. The summed E-state index contributed by atoms with van der Waals surface area (Å²) in [6.07, 6.45) is 1.53. The highest BCUT2D eigenvalue weighted by Gasteiger charge is 2.46. The third-order valence-corrected chi connectivity index (χ3v) is 5.45. The van der Waals surface area contributed by atoms with Crippen molar-refractivity contribution in [2.75, 3.05) is 20.8 Å². The summed E-state index contributed by atoms with van der Waals surface area (Å²) in [6, 6.07) is 8.40. The zero-order chi connectivity index (χ0) is 22.7. The number of hydrogen-bond donors (Lipinski definition) is 1. The van der Waals surface area contributed by atoms with Gasteiger partial charge in [0.05, 0.1) is 25.8 Å². The molecule has 6 nitrogen and oxygen atoms in total. The standard InChI is InChI=1S/C24H26FNO5/c1-5-6-11-26-21(15-8-10-18(30-3)19(13-15)31-4)20(23(28)24(26)29)22(27)16-7-9-17(25)14(2)12-16/h7-10,12-13,21,27H,5-6,11H2,1-4H3/b22-20-. The number of aryl methyl sites for hydroxylation is 1. The molecule has 7 heteroatoms. The number of benzene rings is 2. The number of amides is 1. The zero-order valence-corrected chi connectivity index (χ0v) is 18.1. The molecule has 0 saturated carbocycles. The molecule has 0 aliphatic carbocycles. The lowest BCUT2D eigenvalue weighted by atomic mass is 9.94. The number of likely N-dealkylation sites (tertiary alicyclic amines) is 1. The lowest BCUT2D eigenvalue weighted by Gasteiger charge is -2.26. The zero-order valence-electron chi connectivity index (χ0n) is 18.1. The molecule has 0 radical (unpaired) electrons. The number of halogens is 1. The van der Waals surface area contributed by atoms with Crippen molar-refractivity contribution in [1.82, 2.24) is 4.90 Å². The van der Waals surface area contributed by atoms with Gasteiger partial charge in [0.15, 0.2) is 11.5 Å². The van der Waals surface area contributed by atoms with Crippen LogP contribution in [0.4, 0.5) is 4.39 Å². The van der Waals surface area contributed by atoms with Gasteiger partial charge in [-0.3, -0.25) is 9.59 Å². The van der Waals surface area contributed by atoms with Gasteiger partial charge in [-0.25, -0.2) is 4.39 Å². The first kappa shape index (κ1) is 22.3. The Morgan fingerprint density at radius 1 is 1.10 bits per heavy atom. The van der Waals surface area contributed by atoms with E-state index in [1.165, 1.54) is 37.3 Å². The third kappa shape index (κ3) is 4.13. The van der Waals surface area contributed by atoms with Crippen LogP contribution in [0.5, 0.6) is 11.5 Å². The lowest BCUT2D eigenvalue weighted by molar-refractivity contribution is -0.139. The normalized spacial score (nSPS) is 17.8. The summed E-state index contributed by atoms with van der Waals surface area (Å²) < 4.78 is 24.4. The van der Waals surface area contributed by atoms with E-state index in [1.54, 1.807) is 25.1 Å². The fourth-order valence-corrected chi connectivity index (χ4v) is 3.76. The first-order chi connectivity index (χ1) is 14.8. The van der Waals surface area contributed by atoms with E-state index >= 15 is 0 Å². The van der Waals surface area contributed by atoms with Crippen molar-refractivity contribution >= 4 is 17.4 Å². The van der Waals surface area contributed by atoms with E-state index in [-0.39, 0.29) is 16.9 Å². The van der Waals surface area contributed by atoms with E-state index in [2.05, 4.69) is 0 Å². The number of unbranched alkanes of at least 4 members (excludes halogenated alkanes) is 1. The highest BCUT2D eigenvalue weighted by atomic mass is 19.1. The summed E-state index contributed by atoms with van der Waals surface area (Å²) in [4.78, 5) is 27.3. The summed E-state index contributed by atoms with van der Waals surface area (Å²) >= 11 is 0. The molecule has 1 aliphatic rings. The van der Waals surface area contributed by atoms with Gasteiger partial charge in [0.2, 0.25) is 0 Å². The molecule has 0 aromatic heterocycles. The van der Waals surface area contributed by atoms with Crippen LogP contribution in [0.2, 0.25) is 0 Å². The van der Waals surface area contributed by atoms with Crippen molar-refractivity contribution in [2.24, 2.45) is 0 Å². The summed E-state index contributed by atoms with van der Waals surface area (Å²) in [5, 5.41) is 11.0. The summed E-state index contributed by atoms with van der Waals surface area (Å²) in [5.41, 5.74) is 1.18. The van der Waals surface area contributed by atoms with Gasteiger partial charge in [0.25, 0.3) is 11.7 Å². The second-order valence-electron chi connectivity index (χ2n) is 7.42. The predicted octanol–water partition coefficient (Wildman–Crippen LogP) is 4.37. The van der Waals surface area contributed by atoms with Crippen LogP contribution in [0.1, 0.15) is 42.5 Å². The smallest absolute Gasteiger partial charge is 0.295 e. The SMILES string of the molecule is CCCCN1C(=O)C(=O)/C(=C(\O)c2ccc(F)c(C)c2)C1c1ccc(OC)c(OC)c1. The number of methoxy groups -OCH3 is 2. The van der Waals surface area contributed by atoms with Crippen molar-refractivity contribution in [2.45, 2.75) is 32.7 Å². The second kappa shape index (κ2) is 9.20. The van der Waals surface area contributed by atoms with Gasteiger partial charge < -0.3 is 19.5 Å². The van der Waals surface area contributed by atoms with Crippen LogP contribution in [0, 0.1) is 12.7 Å². The third-order valence-electron chi connectivity index (χ3n) is 5.45. The number of hydrogen-bond acceptors (Lipinski definition) is 5. The van der Waals surface area contributed by atoms with E-state index in [0.717, 1.165) is 6.42 Å². The molecular weight excluding hydrogens is 401 g/mol. The first-order valence-electron chi connectivity index (χ1n) is 10.1. The average Bonchev–Trinajstić information content (AvgIpc) is 3.03. The molecule has 1 unspecified atom stereocenters. The molecule has 1 amide bonds. The molecule has 31 heavy (non-hydrogen) atoms. The van der Waals surface area contributed by atoms with Gasteiger partial charge in [-0.2, -0.15) is 0 Å². The van der Waals surface area contributed by atoms with E-state index in [0.29, 0.717) is 35.6 Å².